The first-order chi connectivity index (χ1) is 8.60. The van der Waals surface area contributed by atoms with Gasteiger partial charge in [0.25, 0.3) is 0 Å². The molecule has 1 N–H and O–H groups in total. The van der Waals surface area contributed by atoms with Crippen LogP contribution in [0.25, 0.3) is 0 Å². The Morgan fingerprint density at radius 1 is 1.50 bits per heavy atom. The number of carbonyl (C=O) groups is 1. The number of aliphatic carboxylic acids is 1. The molecule has 102 valence electrons. The number of rotatable bonds is 7. The number of hydrogen-bond acceptors (Lipinski definition) is 2. The van der Waals surface area contributed by atoms with Crippen molar-refractivity contribution in [2.45, 2.75) is 39.5 Å². The molecule has 0 radical (unpaired) electrons. The summed E-state index contributed by atoms with van der Waals surface area (Å²) in [6.07, 6.45) is 9.49. The molecule has 1 aliphatic rings. The summed E-state index contributed by atoms with van der Waals surface area (Å²) in [5.41, 5.74) is 0.499. The van der Waals surface area contributed by atoms with Gasteiger partial charge in [-0.15, -0.1) is 0 Å². The van der Waals surface area contributed by atoms with Crippen LogP contribution in [0.4, 0.5) is 0 Å². The highest BCUT2D eigenvalue weighted by molar-refractivity contribution is 5.78. The Bertz CT molecular complexity index is 344. The molecule has 18 heavy (non-hydrogen) atoms. The number of carboxylic acid groups (broad SMARTS) is 1. The standard InChI is InChI=1S/C15H24O3/c1-4-6-12-7-9-15(5-2,14(16)17)13(11-12)8-10-18-3/h7,9,11,13H,4-6,8,10H2,1-3H3,(H,16,17). The van der Waals surface area contributed by atoms with Gasteiger partial charge in [0.1, 0.15) is 0 Å². The van der Waals surface area contributed by atoms with Crippen LogP contribution in [0.1, 0.15) is 39.5 Å². The molecule has 0 amide bonds. The minimum absolute atomic E-state index is 0.0338. The molecule has 2 unspecified atom stereocenters. The predicted octanol–water partition coefficient (Wildman–Crippen LogP) is 3.42. The second-order valence-corrected chi connectivity index (χ2v) is 4.91. The fraction of sp³-hybridized carbons (Fsp3) is 0.667. The van der Waals surface area contributed by atoms with Crippen LogP contribution in [0.5, 0.6) is 0 Å². The van der Waals surface area contributed by atoms with E-state index >= 15 is 0 Å². The SMILES string of the molecule is CCCC1=CC(CCOC)C(CC)(C(=O)O)C=C1. The van der Waals surface area contributed by atoms with E-state index in [1.165, 1.54) is 5.57 Å². The summed E-state index contributed by atoms with van der Waals surface area (Å²) in [7, 11) is 1.66. The normalized spacial score (nSPS) is 27.1. The van der Waals surface area contributed by atoms with Crippen molar-refractivity contribution in [1.29, 1.82) is 0 Å². The van der Waals surface area contributed by atoms with Crippen molar-refractivity contribution >= 4 is 5.97 Å². The second-order valence-electron chi connectivity index (χ2n) is 4.91. The van der Waals surface area contributed by atoms with Crippen molar-refractivity contribution in [2.75, 3.05) is 13.7 Å². The van der Waals surface area contributed by atoms with E-state index in [9.17, 15) is 9.90 Å². The maximum atomic E-state index is 11.6. The largest absolute Gasteiger partial charge is 0.481 e. The summed E-state index contributed by atoms with van der Waals surface area (Å²) in [6, 6.07) is 0. The third-order valence-electron chi connectivity index (χ3n) is 3.83. The Balaban J connectivity index is 2.97. The molecule has 1 rings (SSSR count). The Morgan fingerprint density at radius 2 is 2.22 bits per heavy atom. The Hall–Kier alpha value is -1.09. The first kappa shape index (κ1) is 15.0. The molecule has 0 aliphatic heterocycles. The molecular weight excluding hydrogens is 228 g/mol. The van der Waals surface area contributed by atoms with Gasteiger partial charge in [0.2, 0.25) is 0 Å². The minimum atomic E-state index is -0.754. The maximum Gasteiger partial charge on any atom is 0.314 e. The predicted molar refractivity (Wildman–Crippen MR) is 72.5 cm³/mol. The van der Waals surface area contributed by atoms with Gasteiger partial charge in [-0.3, -0.25) is 4.79 Å². The molecule has 1 aliphatic carbocycles. The van der Waals surface area contributed by atoms with E-state index in [0.717, 1.165) is 19.3 Å². The van der Waals surface area contributed by atoms with Crippen molar-refractivity contribution in [3.8, 4) is 0 Å². The highest BCUT2D eigenvalue weighted by atomic mass is 16.5. The van der Waals surface area contributed by atoms with Crippen LogP contribution in [0.3, 0.4) is 0 Å². The van der Waals surface area contributed by atoms with Crippen LogP contribution in [-0.4, -0.2) is 24.8 Å². The highest BCUT2D eigenvalue weighted by Crippen LogP contribution is 2.41. The third kappa shape index (κ3) is 3.02. The van der Waals surface area contributed by atoms with Crippen molar-refractivity contribution in [2.24, 2.45) is 11.3 Å². The number of ether oxygens (including phenoxy) is 1. The van der Waals surface area contributed by atoms with Crippen molar-refractivity contribution in [1.82, 2.24) is 0 Å². The quantitative estimate of drug-likeness (QED) is 0.755. The van der Waals surface area contributed by atoms with Gasteiger partial charge in [0.15, 0.2) is 0 Å². The average Bonchev–Trinajstić information content (AvgIpc) is 2.36. The van der Waals surface area contributed by atoms with Crippen LogP contribution < -0.4 is 0 Å². The summed E-state index contributed by atoms with van der Waals surface area (Å²) in [4.78, 5) is 11.6. The highest BCUT2D eigenvalue weighted by Gasteiger charge is 2.42. The molecule has 0 bridgehead atoms. The van der Waals surface area contributed by atoms with Gasteiger partial charge in [-0.05, 0) is 25.2 Å². The Labute approximate surface area is 110 Å². The van der Waals surface area contributed by atoms with E-state index in [0.29, 0.717) is 13.0 Å². The van der Waals surface area contributed by atoms with Gasteiger partial charge < -0.3 is 9.84 Å². The fourth-order valence-electron chi connectivity index (χ4n) is 2.64. The van der Waals surface area contributed by atoms with Crippen LogP contribution in [0.2, 0.25) is 0 Å². The average molecular weight is 252 g/mol. The smallest absolute Gasteiger partial charge is 0.314 e. The lowest BCUT2D eigenvalue weighted by Gasteiger charge is -2.35. The number of methoxy groups -OCH3 is 1. The van der Waals surface area contributed by atoms with E-state index in [2.05, 4.69) is 13.0 Å². The number of allylic oxidation sites excluding steroid dienone is 3. The molecule has 0 aromatic heterocycles. The minimum Gasteiger partial charge on any atom is -0.481 e. The fourth-order valence-corrected chi connectivity index (χ4v) is 2.64. The van der Waals surface area contributed by atoms with Crippen molar-refractivity contribution in [3.05, 3.63) is 23.8 Å². The van der Waals surface area contributed by atoms with Crippen LogP contribution in [0.15, 0.2) is 23.8 Å². The number of carboxylic acids is 1. The van der Waals surface area contributed by atoms with E-state index in [1.54, 1.807) is 7.11 Å². The van der Waals surface area contributed by atoms with Gasteiger partial charge in [0, 0.05) is 13.7 Å². The summed E-state index contributed by atoms with van der Waals surface area (Å²) in [5.74, 6) is -0.694. The lowest BCUT2D eigenvalue weighted by molar-refractivity contribution is -0.148. The number of hydrogen-bond donors (Lipinski definition) is 1. The second kappa shape index (κ2) is 6.74. The first-order valence-electron chi connectivity index (χ1n) is 6.73. The van der Waals surface area contributed by atoms with Crippen molar-refractivity contribution in [3.63, 3.8) is 0 Å². The van der Waals surface area contributed by atoms with Crippen molar-refractivity contribution < 1.29 is 14.6 Å². The van der Waals surface area contributed by atoms with Gasteiger partial charge >= 0.3 is 5.97 Å². The molecule has 3 heteroatoms. The van der Waals surface area contributed by atoms with E-state index in [-0.39, 0.29) is 5.92 Å². The zero-order chi connectivity index (χ0) is 13.6. The lowest BCUT2D eigenvalue weighted by Crippen LogP contribution is -2.37. The molecular formula is C15H24O3. The van der Waals surface area contributed by atoms with Crippen LogP contribution in [-0.2, 0) is 9.53 Å². The molecule has 0 saturated heterocycles. The van der Waals surface area contributed by atoms with E-state index < -0.39 is 11.4 Å². The van der Waals surface area contributed by atoms with E-state index in [1.807, 2.05) is 19.1 Å². The molecule has 0 fully saturated rings. The Morgan fingerprint density at radius 3 is 2.72 bits per heavy atom. The Kier molecular flexibility index (Phi) is 5.60. The van der Waals surface area contributed by atoms with E-state index in [4.69, 9.17) is 4.74 Å². The monoisotopic (exact) mass is 252 g/mol. The maximum absolute atomic E-state index is 11.6. The molecule has 0 aromatic rings. The molecule has 0 aromatic carbocycles. The topological polar surface area (TPSA) is 46.5 Å². The van der Waals surface area contributed by atoms with Gasteiger partial charge in [-0.2, -0.15) is 0 Å². The van der Waals surface area contributed by atoms with Gasteiger partial charge in [0.05, 0.1) is 5.41 Å². The zero-order valence-corrected chi connectivity index (χ0v) is 11.6. The molecule has 0 saturated carbocycles. The summed E-state index contributed by atoms with van der Waals surface area (Å²) in [5, 5.41) is 9.55. The zero-order valence-electron chi connectivity index (χ0n) is 11.6. The molecule has 2 atom stereocenters. The van der Waals surface area contributed by atoms with Gasteiger partial charge in [-0.25, -0.2) is 0 Å². The summed E-state index contributed by atoms with van der Waals surface area (Å²) < 4.78 is 5.11. The summed E-state index contributed by atoms with van der Waals surface area (Å²) >= 11 is 0. The molecule has 0 heterocycles. The first-order valence-corrected chi connectivity index (χ1v) is 6.73. The van der Waals surface area contributed by atoms with Crippen LogP contribution in [0, 0.1) is 11.3 Å². The lowest BCUT2D eigenvalue weighted by atomic mass is 9.68. The molecule has 3 nitrogen and oxygen atoms in total. The third-order valence-corrected chi connectivity index (χ3v) is 3.83. The molecule has 0 spiro atoms. The van der Waals surface area contributed by atoms with Gasteiger partial charge in [-0.1, -0.05) is 44.1 Å². The summed E-state index contributed by atoms with van der Waals surface area (Å²) in [6.45, 7) is 4.68. The van der Waals surface area contributed by atoms with Crippen LogP contribution >= 0.6 is 0 Å².